The van der Waals surface area contributed by atoms with E-state index in [-0.39, 0.29) is 5.75 Å². The molecule has 1 heterocycles. The van der Waals surface area contributed by atoms with Crippen LogP contribution in [0.5, 0.6) is 5.75 Å². The SMILES string of the molecule is FC(F)(F)Oc1ccc(CN2C[C@H]2CC(c2ccccc2)c2ccccc2)cc1. The molecule has 4 rings (SSSR count). The van der Waals surface area contributed by atoms with Crippen LogP contribution in [-0.2, 0) is 6.54 Å². The van der Waals surface area contributed by atoms with Gasteiger partial charge in [0.1, 0.15) is 5.75 Å². The number of hydrogen-bond acceptors (Lipinski definition) is 2. The maximum atomic E-state index is 12.3. The first-order chi connectivity index (χ1) is 14.0. The van der Waals surface area contributed by atoms with Crippen LogP contribution in [0.1, 0.15) is 29.0 Å². The molecule has 2 nitrogen and oxygen atoms in total. The maximum Gasteiger partial charge on any atom is 0.573 e. The molecule has 0 N–H and O–H groups in total. The van der Waals surface area contributed by atoms with Crippen molar-refractivity contribution in [2.75, 3.05) is 6.54 Å². The van der Waals surface area contributed by atoms with Gasteiger partial charge >= 0.3 is 6.36 Å². The summed E-state index contributed by atoms with van der Waals surface area (Å²) in [6, 6.07) is 27.6. The van der Waals surface area contributed by atoms with E-state index < -0.39 is 6.36 Å². The van der Waals surface area contributed by atoms with Crippen LogP contribution in [0.4, 0.5) is 13.2 Å². The normalized spacial score (nSPS) is 18.6. The average Bonchev–Trinajstić information content (AvgIpc) is 3.45. The van der Waals surface area contributed by atoms with Crippen molar-refractivity contribution in [3.63, 3.8) is 0 Å². The Morgan fingerprint density at radius 2 is 1.38 bits per heavy atom. The summed E-state index contributed by atoms with van der Waals surface area (Å²) in [6.45, 7) is 1.73. The molecule has 1 aliphatic heterocycles. The summed E-state index contributed by atoms with van der Waals surface area (Å²) < 4.78 is 40.8. The number of rotatable bonds is 7. The maximum absolute atomic E-state index is 12.3. The highest BCUT2D eigenvalue weighted by molar-refractivity contribution is 5.33. The van der Waals surface area contributed by atoms with Gasteiger partial charge in [-0.25, -0.2) is 0 Å². The van der Waals surface area contributed by atoms with Crippen molar-refractivity contribution >= 4 is 0 Å². The topological polar surface area (TPSA) is 12.2 Å². The minimum absolute atomic E-state index is 0.184. The number of halogens is 3. The third-order valence-electron chi connectivity index (χ3n) is 5.28. The summed E-state index contributed by atoms with van der Waals surface area (Å²) in [6.07, 6.45) is -3.64. The van der Waals surface area contributed by atoms with Crippen LogP contribution >= 0.6 is 0 Å². The van der Waals surface area contributed by atoms with E-state index in [2.05, 4.69) is 58.2 Å². The Morgan fingerprint density at radius 3 is 1.90 bits per heavy atom. The van der Waals surface area contributed by atoms with E-state index in [1.807, 2.05) is 12.1 Å². The van der Waals surface area contributed by atoms with Gasteiger partial charge in [-0.2, -0.15) is 0 Å². The van der Waals surface area contributed by atoms with Gasteiger partial charge in [0.2, 0.25) is 0 Å². The summed E-state index contributed by atoms with van der Waals surface area (Å²) in [5.41, 5.74) is 3.59. The van der Waals surface area contributed by atoms with Crippen LogP contribution in [0.2, 0.25) is 0 Å². The molecule has 2 atom stereocenters. The quantitative estimate of drug-likeness (QED) is 0.454. The minimum atomic E-state index is -4.66. The highest BCUT2D eigenvalue weighted by Gasteiger charge is 2.36. The van der Waals surface area contributed by atoms with E-state index in [0.717, 1.165) is 25.1 Å². The lowest BCUT2D eigenvalue weighted by molar-refractivity contribution is -0.274. The Morgan fingerprint density at radius 1 is 0.828 bits per heavy atom. The molecular formula is C24H22F3NO. The van der Waals surface area contributed by atoms with Crippen molar-refractivity contribution in [2.24, 2.45) is 0 Å². The fourth-order valence-corrected chi connectivity index (χ4v) is 3.78. The van der Waals surface area contributed by atoms with E-state index >= 15 is 0 Å². The first kappa shape index (κ1) is 19.5. The van der Waals surface area contributed by atoms with Crippen LogP contribution in [0, 0.1) is 0 Å². The highest BCUT2D eigenvalue weighted by Crippen LogP contribution is 2.36. The lowest BCUT2D eigenvalue weighted by atomic mass is 9.87. The van der Waals surface area contributed by atoms with Crippen molar-refractivity contribution in [2.45, 2.75) is 31.3 Å². The summed E-state index contributed by atoms with van der Waals surface area (Å²) in [4.78, 5) is 2.35. The molecule has 0 bridgehead atoms. The molecule has 150 valence electrons. The van der Waals surface area contributed by atoms with Crippen molar-refractivity contribution in [1.82, 2.24) is 4.90 Å². The Kier molecular flexibility index (Phi) is 5.58. The van der Waals surface area contributed by atoms with Crippen LogP contribution in [0.3, 0.4) is 0 Å². The summed E-state index contributed by atoms with van der Waals surface area (Å²) >= 11 is 0. The molecule has 1 aliphatic rings. The third kappa shape index (κ3) is 5.39. The van der Waals surface area contributed by atoms with Crippen molar-refractivity contribution in [3.8, 4) is 5.75 Å². The van der Waals surface area contributed by atoms with E-state index in [4.69, 9.17) is 0 Å². The molecule has 1 saturated heterocycles. The predicted octanol–water partition coefficient (Wildman–Crippen LogP) is 5.99. The zero-order valence-electron chi connectivity index (χ0n) is 15.8. The molecule has 1 unspecified atom stereocenters. The average molecular weight is 397 g/mol. The van der Waals surface area contributed by atoms with Gasteiger partial charge in [0.25, 0.3) is 0 Å². The fraction of sp³-hybridized carbons (Fsp3) is 0.250. The van der Waals surface area contributed by atoms with Gasteiger partial charge in [-0.05, 0) is 35.2 Å². The second-order valence-corrected chi connectivity index (χ2v) is 7.38. The van der Waals surface area contributed by atoms with E-state index in [1.54, 1.807) is 12.1 Å². The highest BCUT2D eigenvalue weighted by atomic mass is 19.4. The molecule has 0 radical (unpaired) electrons. The van der Waals surface area contributed by atoms with Gasteiger partial charge in [0.05, 0.1) is 0 Å². The van der Waals surface area contributed by atoms with Crippen molar-refractivity contribution in [1.29, 1.82) is 0 Å². The van der Waals surface area contributed by atoms with Crippen LogP contribution in [-0.4, -0.2) is 23.8 Å². The summed E-state index contributed by atoms with van der Waals surface area (Å²) in [5, 5.41) is 0. The Bertz CT molecular complexity index is 871. The Balaban J connectivity index is 1.39. The van der Waals surface area contributed by atoms with Gasteiger partial charge in [-0.15, -0.1) is 13.2 Å². The van der Waals surface area contributed by atoms with Crippen molar-refractivity contribution in [3.05, 3.63) is 102 Å². The van der Waals surface area contributed by atoms with E-state index in [1.165, 1.54) is 23.3 Å². The molecule has 0 aliphatic carbocycles. The van der Waals surface area contributed by atoms with Crippen molar-refractivity contribution < 1.29 is 17.9 Å². The second-order valence-electron chi connectivity index (χ2n) is 7.38. The number of nitrogens with zero attached hydrogens (tertiary/aromatic N) is 1. The van der Waals surface area contributed by atoms with E-state index in [9.17, 15) is 13.2 Å². The minimum Gasteiger partial charge on any atom is -0.406 e. The predicted molar refractivity (Wildman–Crippen MR) is 107 cm³/mol. The number of benzene rings is 3. The van der Waals surface area contributed by atoms with Crippen LogP contribution in [0.15, 0.2) is 84.9 Å². The van der Waals surface area contributed by atoms with Gasteiger partial charge in [0.15, 0.2) is 0 Å². The monoisotopic (exact) mass is 397 g/mol. The molecule has 3 aromatic rings. The second kappa shape index (κ2) is 8.29. The molecule has 1 fully saturated rings. The van der Waals surface area contributed by atoms with Gasteiger partial charge in [0, 0.05) is 25.0 Å². The first-order valence-corrected chi connectivity index (χ1v) is 9.66. The Labute approximate surface area is 168 Å². The standard InChI is InChI=1S/C24H22F3NO/c25-24(26,27)29-22-13-11-18(12-14-22)16-28-17-21(28)15-23(19-7-3-1-4-8-19)20-9-5-2-6-10-20/h1-14,21,23H,15-17H2/t21-,28?/m1/s1. The summed E-state index contributed by atoms with van der Waals surface area (Å²) in [7, 11) is 0. The van der Waals surface area contributed by atoms with Gasteiger partial charge in [-0.3, -0.25) is 4.90 Å². The molecule has 3 aromatic carbocycles. The first-order valence-electron chi connectivity index (χ1n) is 9.66. The molecule has 0 amide bonds. The van der Waals surface area contributed by atoms with Crippen LogP contribution in [0.25, 0.3) is 0 Å². The largest absolute Gasteiger partial charge is 0.573 e. The lowest BCUT2D eigenvalue weighted by Gasteiger charge is -2.18. The number of ether oxygens (including phenoxy) is 1. The lowest BCUT2D eigenvalue weighted by Crippen LogP contribution is -2.17. The molecule has 0 spiro atoms. The smallest absolute Gasteiger partial charge is 0.406 e. The van der Waals surface area contributed by atoms with E-state index in [0.29, 0.717) is 12.0 Å². The molecule has 29 heavy (non-hydrogen) atoms. The Hall–Kier alpha value is -2.79. The third-order valence-corrected chi connectivity index (χ3v) is 5.28. The van der Waals surface area contributed by atoms with Gasteiger partial charge in [-0.1, -0.05) is 72.8 Å². The number of hydrogen-bond donors (Lipinski definition) is 0. The molecule has 0 aromatic heterocycles. The fourth-order valence-electron chi connectivity index (χ4n) is 3.78. The zero-order valence-corrected chi connectivity index (χ0v) is 15.8. The summed E-state index contributed by atoms with van der Waals surface area (Å²) in [5.74, 6) is 0.145. The number of alkyl halides is 3. The van der Waals surface area contributed by atoms with Gasteiger partial charge < -0.3 is 4.74 Å². The zero-order chi connectivity index (χ0) is 20.3. The molecule has 0 saturated carbocycles. The van der Waals surface area contributed by atoms with Crippen LogP contribution < -0.4 is 4.74 Å². The molecule has 5 heteroatoms. The molecular weight excluding hydrogens is 375 g/mol.